The van der Waals surface area contributed by atoms with Crippen molar-refractivity contribution in [2.75, 3.05) is 38.1 Å². The molecule has 0 radical (unpaired) electrons. The van der Waals surface area contributed by atoms with E-state index in [0.29, 0.717) is 11.5 Å². The third-order valence-corrected chi connectivity index (χ3v) is 3.18. The van der Waals surface area contributed by atoms with E-state index in [1.54, 1.807) is 12.4 Å². The van der Waals surface area contributed by atoms with Crippen molar-refractivity contribution in [2.24, 2.45) is 0 Å². The van der Waals surface area contributed by atoms with Gasteiger partial charge in [-0.05, 0) is 27.8 Å². The summed E-state index contributed by atoms with van der Waals surface area (Å²) in [6.07, 6.45) is 3.20. The minimum absolute atomic E-state index is 0.137. The van der Waals surface area contributed by atoms with Crippen molar-refractivity contribution in [1.82, 2.24) is 20.2 Å². The summed E-state index contributed by atoms with van der Waals surface area (Å²) in [5.74, 6) is 0.563. The molecule has 0 saturated carbocycles. The van der Waals surface area contributed by atoms with Crippen LogP contribution in [0.25, 0.3) is 0 Å². The third kappa shape index (κ3) is 3.90. The number of rotatable bonds is 2. The molecule has 1 aromatic heterocycles. The molecule has 0 spiro atoms. The quantitative estimate of drug-likeness (QED) is 0.864. The molecule has 0 unspecified atom stereocenters. The lowest BCUT2D eigenvalue weighted by Gasteiger charge is -2.32. The van der Waals surface area contributed by atoms with E-state index in [1.165, 1.54) is 0 Å². The van der Waals surface area contributed by atoms with Gasteiger partial charge < -0.3 is 15.1 Å². The van der Waals surface area contributed by atoms with E-state index < -0.39 is 0 Å². The Morgan fingerprint density at radius 3 is 2.20 bits per heavy atom. The molecular weight excluding hydrogens is 254 g/mol. The van der Waals surface area contributed by atoms with Crippen LogP contribution in [0, 0.1) is 0 Å². The molecule has 1 N–H and O–H groups in total. The van der Waals surface area contributed by atoms with Crippen molar-refractivity contribution in [3.63, 3.8) is 0 Å². The molecule has 1 amide bonds. The van der Waals surface area contributed by atoms with Gasteiger partial charge in [-0.1, -0.05) is 0 Å². The lowest BCUT2D eigenvalue weighted by molar-refractivity contribution is 0.0919. The standard InChI is InChI=1S/C14H23N5O/c1-14(2,3)17-12(20)11-9-15-13(16-10-11)19-7-5-18(4)6-8-19/h9-10H,5-8H2,1-4H3,(H,17,20). The van der Waals surface area contributed by atoms with Crippen LogP contribution in [0.4, 0.5) is 5.95 Å². The molecular formula is C14H23N5O. The smallest absolute Gasteiger partial charge is 0.254 e. The molecule has 2 heterocycles. The minimum atomic E-state index is -0.257. The first-order chi connectivity index (χ1) is 9.35. The number of aromatic nitrogens is 2. The summed E-state index contributed by atoms with van der Waals surface area (Å²) in [7, 11) is 2.11. The van der Waals surface area contributed by atoms with Crippen LogP contribution in [0.1, 0.15) is 31.1 Å². The second-order valence-electron chi connectivity index (χ2n) is 6.27. The Bertz CT molecular complexity index is 457. The molecule has 0 bridgehead atoms. The zero-order chi connectivity index (χ0) is 14.8. The van der Waals surface area contributed by atoms with E-state index >= 15 is 0 Å². The van der Waals surface area contributed by atoms with Crippen molar-refractivity contribution in [2.45, 2.75) is 26.3 Å². The van der Waals surface area contributed by atoms with E-state index in [4.69, 9.17) is 0 Å². The SMILES string of the molecule is CN1CCN(c2ncc(C(=O)NC(C)(C)C)cn2)CC1. The molecule has 6 nitrogen and oxygen atoms in total. The Morgan fingerprint density at radius 2 is 1.70 bits per heavy atom. The fourth-order valence-corrected chi connectivity index (χ4v) is 2.02. The van der Waals surface area contributed by atoms with E-state index in [2.05, 4.69) is 32.1 Å². The van der Waals surface area contributed by atoms with Gasteiger partial charge in [0.15, 0.2) is 0 Å². The van der Waals surface area contributed by atoms with Gasteiger partial charge in [0, 0.05) is 44.1 Å². The van der Waals surface area contributed by atoms with E-state index in [9.17, 15) is 4.79 Å². The molecule has 1 aliphatic rings. The van der Waals surface area contributed by atoms with Crippen LogP contribution in [0.5, 0.6) is 0 Å². The zero-order valence-electron chi connectivity index (χ0n) is 12.7. The van der Waals surface area contributed by atoms with Crippen LogP contribution in [-0.2, 0) is 0 Å². The van der Waals surface area contributed by atoms with Gasteiger partial charge in [0.05, 0.1) is 5.56 Å². The number of hydrogen-bond donors (Lipinski definition) is 1. The highest BCUT2D eigenvalue weighted by atomic mass is 16.1. The number of anilines is 1. The molecule has 110 valence electrons. The second-order valence-corrected chi connectivity index (χ2v) is 6.27. The Labute approximate surface area is 120 Å². The topological polar surface area (TPSA) is 61.4 Å². The van der Waals surface area contributed by atoms with Crippen LogP contribution in [0.2, 0.25) is 0 Å². The molecule has 0 atom stereocenters. The highest BCUT2D eigenvalue weighted by Crippen LogP contribution is 2.10. The summed E-state index contributed by atoms with van der Waals surface area (Å²) in [4.78, 5) is 25.0. The number of carbonyl (C=O) groups is 1. The number of likely N-dealkylation sites (N-methyl/N-ethyl adjacent to an activating group) is 1. The van der Waals surface area contributed by atoms with Gasteiger partial charge in [-0.15, -0.1) is 0 Å². The van der Waals surface area contributed by atoms with Gasteiger partial charge in [0.2, 0.25) is 5.95 Å². The Kier molecular flexibility index (Phi) is 4.23. The van der Waals surface area contributed by atoms with Crippen molar-refractivity contribution in [3.8, 4) is 0 Å². The summed E-state index contributed by atoms with van der Waals surface area (Å²) < 4.78 is 0. The Morgan fingerprint density at radius 1 is 1.15 bits per heavy atom. The molecule has 0 aliphatic carbocycles. The average Bonchev–Trinajstić information content (AvgIpc) is 2.38. The maximum absolute atomic E-state index is 12.0. The lowest BCUT2D eigenvalue weighted by atomic mass is 10.1. The third-order valence-electron chi connectivity index (χ3n) is 3.18. The predicted octanol–water partition coefficient (Wildman–Crippen LogP) is 0.757. The van der Waals surface area contributed by atoms with E-state index in [-0.39, 0.29) is 11.4 Å². The number of carbonyl (C=O) groups excluding carboxylic acids is 1. The Balaban J connectivity index is 2.01. The van der Waals surface area contributed by atoms with Crippen molar-refractivity contribution < 1.29 is 4.79 Å². The molecule has 1 aromatic rings. The number of piperazine rings is 1. The molecule has 1 aliphatic heterocycles. The first kappa shape index (κ1) is 14.7. The first-order valence-corrected chi connectivity index (χ1v) is 6.93. The summed E-state index contributed by atoms with van der Waals surface area (Å²) in [5.41, 5.74) is 0.241. The maximum atomic E-state index is 12.0. The van der Waals surface area contributed by atoms with Gasteiger partial charge >= 0.3 is 0 Å². The fraction of sp³-hybridized carbons (Fsp3) is 0.643. The Hall–Kier alpha value is -1.69. The zero-order valence-corrected chi connectivity index (χ0v) is 12.7. The molecule has 2 rings (SSSR count). The van der Waals surface area contributed by atoms with Crippen LogP contribution in [0.3, 0.4) is 0 Å². The lowest BCUT2D eigenvalue weighted by Crippen LogP contribution is -2.45. The first-order valence-electron chi connectivity index (χ1n) is 6.93. The number of nitrogens with one attached hydrogen (secondary N) is 1. The van der Waals surface area contributed by atoms with Crippen LogP contribution < -0.4 is 10.2 Å². The summed E-state index contributed by atoms with van der Waals surface area (Å²) in [6, 6.07) is 0. The van der Waals surface area contributed by atoms with Crippen LogP contribution in [0.15, 0.2) is 12.4 Å². The number of nitrogens with zero attached hydrogens (tertiary/aromatic N) is 4. The van der Waals surface area contributed by atoms with Gasteiger partial charge in [0.25, 0.3) is 5.91 Å². The van der Waals surface area contributed by atoms with Crippen molar-refractivity contribution >= 4 is 11.9 Å². The van der Waals surface area contributed by atoms with E-state index in [1.807, 2.05) is 20.8 Å². The van der Waals surface area contributed by atoms with Crippen molar-refractivity contribution in [1.29, 1.82) is 0 Å². The number of amides is 1. The molecule has 6 heteroatoms. The average molecular weight is 277 g/mol. The minimum Gasteiger partial charge on any atom is -0.347 e. The van der Waals surface area contributed by atoms with Crippen LogP contribution >= 0.6 is 0 Å². The van der Waals surface area contributed by atoms with E-state index in [0.717, 1.165) is 26.2 Å². The predicted molar refractivity (Wildman–Crippen MR) is 79.0 cm³/mol. The maximum Gasteiger partial charge on any atom is 0.254 e. The van der Waals surface area contributed by atoms with Gasteiger partial charge in [-0.25, -0.2) is 9.97 Å². The van der Waals surface area contributed by atoms with Crippen LogP contribution in [-0.4, -0.2) is 59.5 Å². The number of hydrogen-bond acceptors (Lipinski definition) is 5. The highest BCUT2D eigenvalue weighted by molar-refractivity contribution is 5.94. The summed E-state index contributed by atoms with van der Waals surface area (Å²) in [5, 5.41) is 2.90. The molecule has 20 heavy (non-hydrogen) atoms. The fourth-order valence-electron chi connectivity index (χ4n) is 2.02. The molecule has 1 fully saturated rings. The monoisotopic (exact) mass is 277 g/mol. The van der Waals surface area contributed by atoms with Crippen molar-refractivity contribution in [3.05, 3.63) is 18.0 Å². The summed E-state index contributed by atoms with van der Waals surface area (Å²) >= 11 is 0. The summed E-state index contributed by atoms with van der Waals surface area (Å²) in [6.45, 7) is 9.71. The highest BCUT2D eigenvalue weighted by Gasteiger charge is 2.18. The van der Waals surface area contributed by atoms with Gasteiger partial charge in [-0.2, -0.15) is 0 Å². The molecule has 0 aromatic carbocycles. The van der Waals surface area contributed by atoms with Gasteiger partial charge in [-0.3, -0.25) is 4.79 Å². The molecule has 1 saturated heterocycles. The second kappa shape index (κ2) is 5.75. The normalized spacial score (nSPS) is 17.1. The van der Waals surface area contributed by atoms with Gasteiger partial charge in [0.1, 0.15) is 0 Å². The largest absolute Gasteiger partial charge is 0.347 e.